The lowest BCUT2D eigenvalue weighted by molar-refractivity contribution is -0.274. The molecule has 0 spiro atoms. The van der Waals surface area contributed by atoms with Crippen molar-refractivity contribution in [1.82, 2.24) is 0 Å². The minimum absolute atomic E-state index is 0.0209. The van der Waals surface area contributed by atoms with Gasteiger partial charge in [-0.1, -0.05) is 0 Å². The number of aryl methyl sites for hydroxylation is 1. The molecular weight excluding hydrogens is 293 g/mol. The summed E-state index contributed by atoms with van der Waals surface area (Å²) >= 11 is 0. The molecule has 0 unspecified atom stereocenters. The van der Waals surface area contributed by atoms with Gasteiger partial charge in [0.25, 0.3) is 0 Å². The van der Waals surface area contributed by atoms with Crippen molar-refractivity contribution in [3.63, 3.8) is 0 Å². The summed E-state index contributed by atoms with van der Waals surface area (Å²) in [5, 5.41) is 8.64. The second-order valence-corrected chi connectivity index (χ2v) is 3.98. The van der Waals surface area contributed by atoms with Crippen molar-refractivity contribution >= 4 is 11.9 Å². The molecule has 0 atom stereocenters. The molecule has 0 fully saturated rings. The van der Waals surface area contributed by atoms with Gasteiger partial charge in [0.05, 0.1) is 12.2 Å². The van der Waals surface area contributed by atoms with Crippen molar-refractivity contribution in [3.8, 4) is 5.75 Å². The van der Waals surface area contributed by atoms with Gasteiger partial charge in [-0.2, -0.15) is 0 Å². The van der Waals surface area contributed by atoms with Crippen LogP contribution < -0.4 is 4.74 Å². The minimum Gasteiger partial charge on any atom is -0.481 e. The van der Waals surface area contributed by atoms with Crippen LogP contribution in [0, 0.1) is 0 Å². The quantitative estimate of drug-likeness (QED) is 0.818. The summed E-state index contributed by atoms with van der Waals surface area (Å²) in [5.74, 6) is -2.38. The first-order valence-corrected chi connectivity index (χ1v) is 6.00. The SMILES string of the molecule is CCOC(=O)c1ccc(OC(F)(F)F)cc1CCC(=O)O. The van der Waals surface area contributed by atoms with E-state index < -0.39 is 24.1 Å². The molecule has 5 nitrogen and oxygen atoms in total. The first-order chi connectivity index (χ1) is 9.73. The Hall–Kier alpha value is -2.25. The predicted octanol–water partition coefficient (Wildman–Crippen LogP) is 2.78. The van der Waals surface area contributed by atoms with Crippen molar-refractivity contribution in [2.24, 2.45) is 0 Å². The number of esters is 1. The number of benzene rings is 1. The van der Waals surface area contributed by atoms with Gasteiger partial charge in [-0.05, 0) is 37.1 Å². The van der Waals surface area contributed by atoms with Crippen LogP contribution in [0.3, 0.4) is 0 Å². The smallest absolute Gasteiger partial charge is 0.481 e. The highest BCUT2D eigenvalue weighted by atomic mass is 19.4. The molecule has 21 heavy (non-hydrogen) atoms. The second kappa shape index (κ2) is 6.96. The van der Waals surface area contributed by atoms with Crippen molar-refractivity contribution in [2.45, 2.75) is 26.1 Å². The van der Waals surface area contributed by atoms with Crippen LogP contribution in [-0.2, 0) is 16.0 Å². The van der Waals surface area contributed by atoms with Crippen LogP contribution in [0.2, 0.25) is 0 Å². The fourth-order valence-corrected chi connectivity index (χ4v) is 1.62. The standard InChI is InChI=1S/C13H13F3O5/c1-2-20-12(19)10-5-4-9(21-13(14,15)16)7-8(10)3-6-11(17)18/h4-5,7H,2-3,6H2,1H3,(H,17,18). The van der Waals surface area contributed by atoms with Gasteiger partial charge >= 0.3 is 18.3 Å². The molecule has 0 radical (unpaired) electrons. The van der Waals surface area contributed by atoms with Gasteiger partial charge in [-0.25, -0.2) is 4.79 Å². The summed E-state index contributed by atoms with van der Waals surface area (Å²) in [6.45, 7) is 1.67. The number of alkyl halides is 3. The highest BCUT2D eigenvalue weighted by Crippen LogP contribution is 2.26. The maximum atomic E-state index is 12.2. The van der Waals surface area contributed by atoms with E-state index in [9.17, 15) is 22.8 Å². The molecule has 1 N–H and O–H groups in total. The number of ether oxygens (including phenoxy) is 2. The molecule has 116 valence electrons. The summed E-state index contributed by atoms with van der Waals surface area (Å²) in [4.78, 5) is 22.2. The van der Waals surface area contributed by atoms with Gasteiger partial charge in [0.2, 0.25) is 0 Å². The first kappa shape index (κ1) is 16.8. The van der Waals surface area contributed by atoms with Crippen molar-refractivity contribution in [2.75, 3.05) is 6.61 Å². The summed E-state index contributed by atoms with van der Waals surface area (Å²) < 4.78 is 45.0. The number of halogens is 3. The number of hydrogen-bond acceptors (Lipinski definition) is 4. The Morgan fingerprint density at radius 2 is 1.95 bits per heavy atom. The second-order valence-electron chi connectivity index (χ2n) is 3.98. The number of carboxylic acids is 1. The van der Waals surface area contributed by atoms with Gasteiger partial charge < -0.3 is 14.6 Å². The van der Waals surface area contributed by atoms with E-state index in [0.29, 0.717) is 0 Å². The average Bonchev–Trinajstić information content (AvgIpc) is 2.34. The summed E-state index contributed by atoms with van der Waals surface area (Å²) in [5.41, 5.74) is 0.144. The molecule has 0 saturated carbocycles. The van der Waals surface area contributed by atoms with E-state index in [1.807, 2.05) is 0 Å². The third kappa shape index (κ3) is 5.72. The van der Waals surface area contributed by atoms with Gasteiger partial charge in [0.15, 0.2) is 0 Å². The van der Waals surface area contributed by atoms with Crippen LogP contribution in [0.5, 0.6) is 5.75 Å². The molecule has 0 heterocycles. The number of hydrogen-bond donors (Lipinski definition) is 1. The fourth-order valence-electron chi connectivity index (χ4n) is 1.62. The van der Waals surface area contributed by atoms with Gasteiger partial charge in [0, 0.05) is 6.42 Å². The zero-order valence-electron chi connectivity index (χ0n) is 11.1. The minimum atomic E-state index is -4.87. The number of carbonyl (C=O) groups excluding carboxylic acids is 1. The molecule has 0 aliphatic heterocycles. The van der Waals surface area contributed by atoms with Crippen molar-refractivity contribution < 1.29 is 37.3 Å². The molecule has 0 aromatic heterocycles. The van der Waals surface area contributed by atoms with Gasteiger partial charge in [-0.3, -0.25) is 4.79 Å². The summed E-state index contributed by atoms with van der Waals surface area (Å²) in [6, 6.07) is 3.09. The maximum Gasteiger partial charge on any atom is 0.573 e. The van der Waals surface area contributed by atoms with Crippen LogP contribution in [-0.4, -0.2) is 30.0 Å². The van der Waals surface area contributed by atoms with E-state index in [4.69, 9.17) is 9.84 Å². The molecule has 0 saturated heterocycles. The topological polar surface area (TPSA) is 72.8 Å². The zero-order valence-corrected chi connectivity index (χ0v) is 11.1. The average molecular weight is 306 g/mol. The Labute approximate surface area is 118 Å². The van der Waals surface area contributed by atoms with Crippen LogP contribution in [0.1, 0.15) is 29.3 Å². The lowest BCUT2D eigenvalue weighted by atomic mass is 10.0. The van der Waals surface area contributed by atoms with E-state index in [0.717, 1.165) is 18.2 Å². The molecular formula is C13H13F3O5. The van der Waals surface area contributed by atoms with Crippen LogP contribution >= 0.6 is 0 Å². The molecule has 0 amide bonds. The summed E-state index contributed by atoms with van der Waals surface area (Å²) in [7, 11) is 0. The third-order valence-corrected chi connectivity index (χ3v) is 2.41. The Morgan fingerprint density at radius 3 is 2.48 bits per heavy atom. The van der Waals surface area contributed by atoms with E-state index in [2.05, 4.69) is 4.74 Å². The molecule has 8 heteroatoms. The van der Waals surface area contributed by atoms with Crippen LogP contribution in [0.4, 0.5) is 13.2 Å². The Morgan fingerprint density at radius 1 is 1.29 bits per heavy atom. The predicted molar refractivity (Wildman–Crippen MR) is 65.0 cm³/mol. The zero-order chi connectivity index (χ0) is 16.0. The Kier molecular flexibility index (Phi) is 5.57. The molecule has 0 aliphatic carbocycles. The van der Waals surface area contributed by atoms with E-state index in [1.54, 1.807) is 6.92 Å². The molecule has 0 bridgehead atoms. The monoisotopic (exact) mass is 306 g/mol. The molecule has 1 aromatic rings. The first-order valence-electron chi connectivity index (χ1n) is 6.00. The Balaban J connectivity index is 3.06. The van der Waals surface area contributed by atoms with Crippen molar-refractivity contribution in [3.05, 3.63) is 29.3 Å². The highest BCUT2D eigenvalue weighted by molar-refractivity contribution is 5.91. The molecule has 1 rings (SSSR count). The molecule has 0 aliphatic rings. The number of carbonyl (C=O) groups is 2. The number of carboxylic acid groups (broad SMARTS) is 1. The highest BCUT2D eigenvalue weighted by Gasteiger charge is 2.31. The number of aliphatic carboxylic acids is 1. The van der Waals surface area contributed by atoms with Crippen LogP contribution in [0.25, 0.3) is 0 Å². The largest absolute Gasteiger partial charge is 0.573 e. The Bertz CT molecular complexity index is 525. The van der Waals surface area contributed by atoms with Crippen molar-refractivity contribution in [1.29, 1.82) is 0 Å². The normalized spacial score (nSPS) is 11.0. The van der Waals surface area contributed by atoms with Crippen LogP contribution in [0.15, 0.2) is 18.2 Å². The van der Waals surface area contributed by atoms with Gasteiger partial charge in [0.1, 0.15) is 5.75 Å². The maximum absolute atomic E-state index is 12.2. The fraction of sp³-hybridized carbons (Fsp3) is 0.385. The van der Waals surface area contributed by atoms with Gasteiger partial charge in [-0.15, -0.1) is 13.2 Å². The summed E-state index contributed by atoms with van der Waals surface area (Å²) in [6.07, 6.45) is -5.31. The lowest BCUT2D eigenvalue weighted by Crippen LogP contribution is -2.18. The van der Waals surface area contributed by atoms with E-state index >= 15 is 0 Å². The third-order valence-electron chi connectivity index (χ3n) is 2.41. The van der Waals surface area contributed by atoms with E-state index in [-0.39, 0.29) is 30.6 Å². The lowest BCUT2D eigenvalue weighted by Gasteiger charge is -2.12. The molecule has 1 aromatic carbocycles. The van der Waals surface area contributed by atoms with E-state index in [1.165, 1.54) is 0 Å². The number of rotatable bonds is 6.